The number of likely N-dealkylation sites (tertiary alicyclic amines) is 1. The molecule has 0 saturated carbocycles. The number of halogens is 2. The molecule has 8 heteroatoms. The molecular formula is C16H22BrFN2O3S. The van der Waals surface area contributed by atoms with Crippen LogP contribution >= 0.6 is 15.9 Å². The molecule has 0 aromatic heterocycles. The minimum Gasteiger partial charge on any atom is -0.396 e. The third kappa shape index (κ3) is 3.53. The monoisotopic (exact) mass is 420 g/mol. The number of piperidine rings is 1. The Kier molecular flexibility index (Phi) is 5.05. The summed E-state index contributed by atoms with van der Waals surface area (Å²) >= 11 is 3.36. The summed E-state index contributed by atoms with van der Waals surface area (Å²) in [6, 6.07) is 4.90. The average Bonchev–Trinajstić information content (AvgIpc) is 2.91. The molecule has 0 aliphatic carbocycles. The molecule has 2 atom stereocenters. The van der Waals surface area contributed by atoms with Crippen molar-refractivity contribution in [1.29, 1.82) is 0 Å². The lowest BCUT2D eigenvalue weighted by Gasteiger charge is -2.42. The van der Waals surface area contributed by atoms with E-state index in [1.54, 1.807) is 12.1 Å². The van der Waals surface area contributed by atoms with Crippen LogP contribution in [-0.2, 0) is 16.6 Å². The zero-order chi connectivity index (χ0) is 17.5. The first-order valence-electron chi connectivity index (χ1n) is 7.96. The van der Waals surface area contributed by atoms with E-state index < -0.39 is 10.0 Å². The summed E-state index contributed by atoms with van der Waals surface area (Å²) in [7, 11) is -3.26. The molecule has 0 bridgehead atoms. The fraction of sp³-hybridized carbons (Fsp3) is 0.625. The Morgan fingerprint density at radius 1 is 1.42 bits per heavy atom. The highest BCUT2D eigenvalue weighted by atomic mass is 79.9. The number of aliphatic hydroxyl groups is 1. The molecule has 0 unspecified atom stereocenters. The SMILES string of the molecule is CS(=O)(=O)N1C[C@H]2CN(Cc3cc(Br)ccc3F)CC[C@@]2(CO)C1. The van der Waals surface area contributed by atoms with E-state index in [1.807, 2.05) is 0 Å². The summed E-state index contributed by atoms with van der Waals surface area (Å²) in [6.07, 6.45) is 1.93. The minimum absolute atomic E-state index is 0.0111. The predicted octanol–water partition coefficient (Wildman–Crippen LogP) is 1.66. The third-order valence-electron chi connectivity index (χ3n) is 5.37. The van der Waals surface area contributed by atoms with Gasteiger partial charge in [0.1, 0.15) is 5.82 Å². The number of rotatable bonds is 4. The van der Waals surface area contributed by atoms with Gasteiger partial charge >= 0.3 is 0 Å². The number of benzene rings is 1. The highest BCUT2D eigenvalue weighted by molar-refractivity contribution is 9.10. The van der Waals surface area contributed by atoms with Crippen LogP contribution in [0.5, 0.6) is 0 Å². The van der Waals surface area contributed by atoms with Gasteiger partial charge in [0, 0.05) is 41.6 Å². The summed E-state index contributed by atoms with van der Waals surface area (Å²) < 4.78 is 40.0. The molecule has 2 fully saturated rings. The van der Waals surface area contributed by atoms with Crippen LogP contribution in [-0.4, -0.2) is 61.8 Å². The van der Waals surface area contributed by atoms with Crippen molar-refractivity contribution in [3.8, 4) is 0 Å². The van der Waals surface area contributed by atoms with Gasteiger partial charge in [-0.25, -0.2) is 17.1 Å². The second-order valence-corrected chi connectivity index (χ2v) is 9.89. The Morgan fingerprint density at radius 3 is 2.83 bits per heavy atom. The van der Waals surface area contributed by atoms with Crippen LogP contribution in [0, 0.1) is 17.2 Å². The van der Waals surface area contributed by atoms with E-state index in [0.717, 1.165) is 17.4 Å². The van der Waals surface area contributed by atoms with Crippen LogP contribution in [0.4, 0.5) is 4.39 Å². The normalized spacial score (nSPS) is 28.9. The van der Waals surface area contributed by atoms with Gasteiger partial charge in [0.2, 0.25) is 10.0 Å². The quantitative estimate of drug-likeness (QED) is 0.804. The molecule has 5 nitrogen and oxygen atoms in total. The van der Waals surface area contributed by atoms with Crippen molar-refractivity contribution in [3.05, 3.63) is 34.1 Å². The predicted molar refractivity (Wildman–Crippen MR) is 93.4 cm³/mol. The van der Waals surface area contributed by atoms with Crippen molar-refractivity contribution in [2.45, 2.75) is 13.0 Å². The molecule has 2 saturated heterocycles. The van der Waals surface area contributed by atoms with Crippen molar-refractivity contribution in [2.75, 3.05) is 39.0 Å². The maximum atomic E-state index is 14.0. The minimum atomic E-state index is -3.26. The van der Waals surface area contributed by atoms with Crippen LogP contribution < -0.4 is 0 Å². The molecular weight excluding hydrogens is 399 g/mol. The molecule has 1 aromatic rings. The third-order valence-corrected chi connectivity index (χ3v) is 7.08. The van der Waals surface area contributed by atoms with Crippen LogP contribution in [0.1, 0.15) is 12.0 Å². The van der Waals surface area contributed by atoms with Crippen LogP contribution in [0.25, 0.3) is 0 Å². The zero-order valence-corrected chi connectivity index (χ0v) is 16.0. The highest BCUT2D eigenvalue weighted by Gasteiger charge is 2.51. The number of hydrogen-bond donors (Lipinski definition) is 1. The zero-order valence-electron chi connectivity index (χ0n) is 13.6. The van der Waals surface area contributed by atoms with E-state index in [2.05, 4.69) is 20.8 Å². The average molecular weight is 421 g/mol. The fourth-order valence-corrected chi connectivity index (χ4v) is 5.21. The molecule has 134 valence electrons. The molecule has 0 radical (unpaired) electrons. The first kappa shape index (κ1) is 18.3. The van der Waals surface area contributed by atoms with Gasteiger partial charge in [0.15, 0.2) is 0 Å². The van der Waals surface area contributed by atoms with Gasteiger partial charge < -0.3 is 5.11 Å². The van der Waals surface area contributed by atoms with Crippen molar-refractivity contribution >= 4 is 26.0 Å². The molecule has 1 N–H and O–H groups in total. The standard InChI is InChI=1S/C16H22BrFN2O3S/c1-24(22,23)20-9-13-8-19(5-4-16(13,10-20)11-21)7-12-6-14(17)2-3-15(12)18/h2-3,6,13,21H,4-5,7-11H2,1H3/t13-,16+/m1/s1. The van der Waals surface area contributed by atoms with E-state index in [9.17, 15) is 17.9 Å². The van der Waals surface area contributed by atoms with Gasteiger partial charge in [0.05, 0.1) is 12.9 Å². The van der Waals surface area contributed by atoms with E-state index >= 15 is 0 Å². The van der Waals surface area contributed by atoms with Gasteiger partial charge in [-0.3, -0.25) is 4.90 Å². The van der Waals surface area contributed by atoms with E-state index in [4.69, 9.17) is 0 Å². The van der Waals surface area contributed by atoms with Gasteiger partial charge in [-0.05, 0) is 37.1 Å². The van der Waals surface area contributed by atoms with E-state index in [-0.39, 0.29) is 23.8 Å². The van der Waals surface area contributed by atoms with Crippen molar-refractivity contribution in [3.63, 3.8) is 0 Å². The molecule has 2 aliphatic heterocycles. The van der Waals surface area contributed by atoms with Crippen molar-refractivity contribution in [2.24, 2.45) is 11.3 Å². The lowest BCUT2D eigenvalue weighted by atomic mass is 9.73. The van der Waals surface area contributed by atoms with Gasteiger partial charge in [-0.15, -0.1) is 0 Å². The first-order valence-corrected chi connectivity index (χ1v) is 10.6. The van der Waals surface area contributed by atoms with Gasteiger partial charge in [0.25, 0.3) is 0 Å². The smallest absolute Gasteiger partial charge is 0.211 e. The molecule has 24 heavy (non-hydrogen) atoms. The van der Waals surface area contributed by atoms with Crippen molar-refractivity contribution < 1.29 is 17.9 Å². The Hall–Kier alpha value is -0.540. The molecule has 0 spiro atoms. The van der Waals surface area contributed by atoms with Crippen LogP contribution in [0.3, 0.4) is 0 Å². The Bertz CT molecular complexity index is 730. The lowest BCUT2D eigenvalue weighted by molar-refractivity contribution is 0.0167. The summed E-state index contributed by atoms with van der Waals surface area (Å²) in [5.74, 6) is -0.164. The Balaban J connectivity index is 1.75. The largest absolute Gasteiger partial charge is 0.396 e. The highest BCUT2D eigenvalue weighted by Crippen LogP contribution is 2.43. The second-order valence-electron chi connectivity index (χ2n) is 6.99. The number of aliphatic hydroxyl groups excluding tert-OH is 1. The number of nitrogens with zero attached hydrogens (tertiary/aromatic N) is 2. The lowest BCUT2D eigenvalue weighted by Crippen LogP contribution is -2.48. The molecule has 2 heterocycles. The fourth-order valence-electron chi connectivity index (χ4n) is 3.86. The summed E-state index contributed by atoms with van der Waals surface area (Å²) in [5, 5.41) is 9.89. The second kappa shape index (κ2) is 6.64. The first-order chi connectivity index (χ1) is 11.2. The number of fused-ring (bicyclic) bond motifs is 1. The number of hydrogen-bond acceptors (Lipinski definition) is 4. The maximum Gasteiger partial charge on any atom is 0.211 e. The van der Waals surface area contributed by atoms with Gasteiger partial charge in [-0.1, -0.05) is 15.9 Å². The van der Waals surface area contributed by atoms with Crippen LogP contribution in [0.2, 0.25) is 0 Å². The van der Waals surface area contributed by atoms with Gasteiger partial charge in [-0.2, -0.15) is 0 Å². The molecule has 2 aliphatic rings. The van der Waals surface area contributed by atoms with E-state index in [0.29, 0.717) is 31.7 Å². The summed E-state index contributed by atoms with van der Waals surface area (Å²) in [6.45, 7) is 2.67. The van der Waals surface area contributed by atoms with Crippen LogP contribution in [0.15, 0.2) is 22.7 Å². The Labute approximate surface area is 150 Å². The van der Waals surface area contributed by atoms with E-state index in [1.165, 1.54) is 16.6 Å². The summed E-state index contributed by atoms with van der Waals surface area (Å²) in [4.78, 5) is 2.15. The molecule has 1 aromatic carbocycles. The topological polar surface area (TPSA) is 60.9 Å². The molecule has 3 rings (SSSR count). The summed E-state index contributed by atoms with van der Waals surface area (Å²) in [5.41, 5.74) is 0.258. The maximum absolute atomic E-state index is 14.0. The van der Waals surface area contributed by atoms with Crippen molar-refractivity contribution in [1.82, 2.24) is 9.21 Å². The Morgan fingerprint density at radius 2 is 2.17 bits per heavy atom. The number of sulfonamides is 1. The molecule has 0 amide bonds.